The molecule has 0 spiro atoms. The molecule has 2 atom stereocenters. The van der Waals surface area contributed by atoms with Crippen LogP contribution in [0.4, 0.5) is 0 Å². The molecule has 1 aromatic carbocycles. The highest BCUT2D eigenvalue weighted by Crippen LogP contribution is 2.33. The van der Waals surface area contributed by atoms with E-state index in [-0.39, 0.29) is 6.61 Å². The summed E-state index contributed by atoms with van der Waals surface area (Å²) < 4.78 is 0. The maximum atomic E-state index is 10.0. The first kappa shape index (κ1) is 11.0. The molecule has 0 saturated carbocycles. The van der Waals surface area contributed by atoms with E-state index in [0.717, 1.165) is 5.56 Å². The molecule has 0 heterocycles. The maximum Gasteiger partial charge on any atom is 0.0899 e. The summed E-state index contributed by atoms with van der Waals surface area (Å²) in [5.41, 5.74) is 0.116. The summed E-state index contributed by atoms with van der Waals surface area (Å²) >= 11 is 0. The summed E-state index contributed by atoms with van der Waals surface area (Å²) in [6, 6.07) is 9.28. The van der Waals surface area contributed by atoms with Crippen molar-refractivity contribution in [2.75, 3.05) is 6.61 Å². The van der Waals surface area contributed by atoms with Crippen molar-refractivity contribution in [1.29, 1.82) is 0 Å². The third-order valence-electron chi connectivity index (χ3n) is 2.55. The summed E-state index contributed by atoms with van der Waals surface area (Å²) in [7, 11) is 0. The van der Waals surface area contributed by atoms with Gasteiger partial charge < -0.3 is 10.2 Å². The first-order chi connectivity index (χ1) is 6.64. The molecule has 2 heteroatoms. The lowest BCUT2D eigenvalue weighted by atomic mass is 9.82. The largest absolute Gasteiger partial charge is 0.395 e. The summed E-state index contributed by atoms with van der Waals surface area (Å²) in [5, 5.41) is 19.2. The number of aliphatic hydroxyl groups is 2. The van der Waals surface area contributed by atoms with Gasteiger partial charge in [0.25, 0.3) is 0 Å². The predicted molar refractivity (Wildman–Crippen MR) is 56.8 cm³/mol. The van der Waals surface area contributed by atoms with Crippen molar-refractivity contribution >= 4 is 0 Å². The van der Waals surface area contributed by atoms with Gasteiger partial charge >= 0.3 is 0 Å². The lowest BCUT2D eigenvalue weighted by Gasteiger charge is -2.29. The molecule has 0 aliphatic rings. The van der Waals surface area contributed by atoms with Gasteiger partial charge in [0.2, 0.25) is 0 Å². The summed E-state index contributed by atoms with van der Waals surface area (Å²) in [6.45, 7) is 5.29. The zero-order valence-electron chi connectivity index (χ0n) is 8.35. The molecule has 1 rings (SSSR count). The minimum atomic E-state index is -0.716. The molecule has 1 unspecified atom stereocenters. The van der Waals surface area contributed by atoms with E-state index in [0.29, 0.717) is 0 Å². The molecule has 0 fully saturated rings. The summed E-state index contributed by atoms with van der Waals surface area (Å²) in [4.78, 5) is 0. The van der Waals surface area contributed by atoms with Gasteiger partial charge in [0.1, 0.15) is 0 Å². The van der Waals surface area contributed by atoms with Gasteiger partial charge in [0.05, 0.1) is 12.7 Å². The topological polar surface area (TPSA) is 40.5 Å². The molecule has 0 amide bonds. The normalized spacial score (nSPS) is 17.1. The van der Waals surface area contributed by atoms with E-state index in [1.165, 1.54) is 0 Å². The van der Waals surface area contributed by atoms with Gasteiger partial charge in [-0.25, -0.2) is 0 Å². The van der Waals surface area contributed by atoms with E-state index < -0.39 is 11.5 Å². The fourth-order valence-electron chi connectivity index (χ4n) is 1.28. The molecule has 2 N–H and O–H groups in total. The molecule has 2 nitrogen and oxygen atoms in total. The van der Waals surface area contributed by atoms with E-state index in [4.69, 9.17) is 0 Å². The van der Waals surface area contributed by atoms with Gasteiger partial charge in [-0.2, -0.15) is 0 Å². The van der Waals surface area contributed by atoms with E-state index in [1.54, 1.807) is 13.0 Å². The second-order valence-corrected chi connectivity index (χ2v) is 3.68. The van der Waals surface area contributed by atoms with Gasteiger partial charge in [0, 0.05) is 5.41 Å². The minimum absolute atomic E-state index is 0.118. The number of benzene rings is 1. The van der Waals surface area contributed by atoms with E-state index in [2.05, 4.69) is 6.58 Å². The first-order valence-corrected chi connectivity index (χ1v) is 4.61. The SMILES string of the molecule is C=C[C@@](C)(CO)C(O)c1ccccc1. The van der Waals surface area contributed by atoms with Crippen LogP contribution in [0.15, 0.2) is 43.0 Å². The predicted octanol–water partition coefficient (Wildman–Crippen LogP) is 1.90. The van der Waals surface area contributed by atoms with Crippen LogP contribution >= 0.6 is 0 Å². The Balaban J connectivity index is 2.94. The summed E-state index contributed by atoms with van der Waals surface area (Å²) in [6.07, 6.45) is 0.871. The molecule has 0 bridgehead atoms. The average molecular weight is 192 g/mol. The Morgan fingerprint density at radius 1 is 1.43 bits per heavy atom. The van der Waals surface area contributed by atoms with Gasteiger partial charge in [-0.15, -0.1) is 6.58 Å². The molecule has 1 aromatic rings. The van der Waals surface area contributed by atoms with Crippen LogP contribution in [0.1, 0.15) is 18.6 Å². The molecule has 0 aromatic heterocycles. The fourth-order valence-corrected chi connectivity index (χ4v) is 1.28. The molecule has 0 radical (unpaired) electrons. The third-order valence-corrected chi connectivity index (χ3v) is 2.55. The Kier molecular flexibility index (Phi) is 3.44. The van der Waals surface area contributed by atoms with Crippen LogP contribution in [0, 0.1) is 5.41 Å². The van der Waals surface area contributed by atoms with E-state index in [9.17, 15) is 10.2 Å². The number of hydrogen-bond acceptors (Lipinski definition) is 2. The minimum Gasteiger partial charge on any atom is -0.395 e. The Bertz CT molecular complexity index is 294. The van der Waals surface area contributed by atoms with Gasteiger partial charge in [-0.05, 0) is 5.56 Å². The number of hydrogen-bond donors (Lipinski definition) is 2. The summed E-state index contributed by atoms with van der Waals surface area (Å²) in [5.74, 6) is 0. The second-order valence-electron chi connectivity index (χ2n) is 3.68. The highest BCUT2D eigenvalue weighted by molar-refractivity contribution is 5.21. The molecular weight excluding hydrogens is 176 g/mol. The first-order valence-electron chi connectivity index (χ1n) is 4.61. The van der Waals surface area contributed by atoms with Crippen molar-refractivity contribution in [3.8, 4) is 0 Å². The fraction of sp³-hybridized carbons (Fsp3) is 0.333. The Morgan fingerprint density at radius 3 is 2.43 bits per heavy atom. The zero-order chi connectivity index (χ0) is 10.6. The number of aliphatic hydroxyl groups excluding tert-OH is 2. The smallest absolute Gasteiger partial charge is 0.0899 e. The Hall–Kier alpha value is -1.12. The maximum absolute atomic E-state index is 10.0. The Labute approximate surface area is 84.5 Å². The highest BCUT2D eigenvalue weighted by atomic mass is 16.3. The van der Waals surface area contributed by atoms with Gasteiger partial charge in [-0.3, -0.25) is 0 Å². The lowest BCUT2D eigenvalue weighted by Crippen LogP contribution is -2.27. The van der Waals surface area contributed by atoms with Crippen molar-refractivity contribution in [3.63, 3.8) is 0 Å². The van der Waals surface area contributed by atoms with Crippen LogP contribution in [0.3, 0.4) is 0 Å². The van der Waals surface area contributed by atoms with Crippen LogP contribution in [0.2, 0.25) is 0 Å². The van der Waals surface area contributed by atoms with Crippen molar-refractivity contribution in [3.05, 3.63) is 48.6 Å². The van der Waals surface area contributed by atoms with Crippen molar-refractivity contribution in [1.82, 2.24) is 0 Å². The van der Waals surface area contributed by atoms with Gasteiger partial charge in [0.15, 0.2) is 0 Å². The van der Waals surface area contributed by atoms with Crippen molar-refractivity contribution < 1.29 is 10.2 Å². The van der Waals surface area contributed by atoms with Crippen molar-refractivity contribution in [2.45, 2.75) is 13.0 Å². The standard InChI is InChI=1S/C12H16O2/c1-3-12(2,9-13)11(14)10-7-5-4-6-8-10/h3-8,11,13-14H,1,9H2,2H3/t11?,12-/m0/s1. The van der Waals surface area contributed by atoms with Crippen LogP contribution in [-0.2, 0) is 0 Å². The average Bonchev–Trinajstić information content (AvgIpc) is 2.28. The molecular formula is C12H16O2. The van der Waals surface area contributed by atoms with E-state index >= 15 is 0 Å². The van der Waals surface area contributed by atoms with E-state index in [1.807, 2.05) is 30.3 Å². The Morgan fingerprint density at radius 2 is 2.00 bits per heavy atom. The molecule has 0 aliphatic carbocycles. The molecule has 14 heavy (non-hydrogen) atoms. The van der Waals surface area contributed by atoms with Crippen LogP contribution in [-0.4, -0.2) is 16.8 Å². The number of rotatable bonds is 4. The monoisotopic (exact) mass is 192 g/mol. The van der Waals surface area contributed by atoms with Gasteiger partial charge in [-0.1, -0.05) is 43.3 Å². The third kappa shape index (κ3) is 2.03. The quantitative estimate of drug-likeness (QED) is 0.715. The zero-order valence-corrected chi connectivity index (χ0v) is 8.35. The lowest BCUT2D eigenvalue weighted by molar-refractivity contribution is 0.0270. The molecule has 76 valence electrons. The van der Waals surface area contributed by atoms with Crippen LogP contribution in [0.5, 0.6) is 0 Å². The molecule has 0 aliphatic heterocycles. The highest BCUT2D eigenvalue weighted by Gasteiger charge is 2.30. The van der Waals surface area contributed by atoms with Crippen molar-refractivity contribution in [2.24, 2.45) is 5.41 Å². The van der Waals surface area contributed by atoms with Crippen LogP contribution in [0.25, 0.3) is 0 Å². The second kappa shape index (κ2) is 4.40. The molecule has 0 saturated heterocycles. The van der Waals surface area contributed by atoms with Crippen LogP contribution < -0.4 is 0 Å².